The minimum absolute atomic E-state index is 0.446. The van der Waals surface area contributed by atoms with Crippen molar-refractivity contribution in [3.63, 3.8) is 0 Å². The molecule has 1 aromatic rings. The number of hydrogen-bond donors (Lipinski definition) is 3. The first-order valence-electron chi connectivity index (χ1n) is 5.64. The third kappa shape index (κ3) is 4.58. The Kier molecular flexibility index (Phi) is 4.31. The molecule has 1 rings (SSSR count). The summed E-state index contributed by atoms with van der Waals surface area (Å²) in [5.74, 6) is 0.732. The van der Waals surface area contributed by atoms with Gasteiger partial charge in [0.25, 0.3) is 0 Å². The third-order valence-electron chi connectivity index (χ3n) is 2.43. The molecule has 0 saturated heterocycles. The standard InChI is InChI=1S/C12H22N4O/c1-9-10(13)5-6-11(15-9)14-7-12(2,17)8-16(3)4/h5-6,17H,7-8,13H2,1-4H3,(H,14,15). The van der Waals surface area contributed by atoms with E-state index in [0.29, 0.717) is 18.8 Å². The maximum absolute atomic E-state index is 10.1. The first-order chi connectivity index (χ1) is 7.80. The second-order valence-corrected chi connectivity index (χ2v) is 4.96. The van der Waals surface area contributed by atoms with E-state index in [-0.39, 0.29) is 0 Å². The summed E-state index contributed by atoms with van der Waals surface area (Å²) in [6, 6.07) is 3.62. The molecule has 0 radical (unpaired) electrons. The molecule has 0 spiro atoms. The highest BCUT2D eigenvalue weighted by Crippen LogP contribution is 2.13. The number of nitrogens with two attached hydrogens (primary N) is 1. The zero-order valence-corrected chi connectivity index (χ0v) is 11.0. The summed E-state index contributed by atoms with van der Waals surface area (Å²) >= 11 is 0. The molecule has 1 aromatic heterocycles. The van der Waals surface area contributed by atoms with Crippen molar-refractivity contribution in [2.75, 3.05) is 38.2 Å². The lowest BCUT2D eigenvalue weighted by atomic mass is 10.1. The molecule has 0 aromatic carbocycles. The van der Waals surface area contributed by atoms with Crippen LogP contribution in [0.3, 0.4) is 0 Å². The summed E-state index contributed by atoms with van der Waals surface area (Å²) in [6.45, 7) is 4.69. The normalized spacial score (nSPS) is 14.7. The zero-order valence-electron chi connectivity index (χ0n) is 11.0. The Morgan fingerprint density at radius 2 is 2.12 bits per heavy atom. The maximum Gasteiger partial charge on any atom is 0.126 e. The van der Waals surface area contributed by atoms with E-state index in [9.17, 15) is 5.11 Å². The number of aromatic nitrogens is 1. The van der Waals surface area contributed by atoms with Crippen LogP contribution < -0.4 is 11.1 Å². The number of nitrogen functional groups attached to an aromatic ring is 1. The molecule has 0 aliphatic carbocycles. The molecule has 0 fully saturated rings. The van der Waals surface area contributed by atoms with Gasteiger partial charge in [-0.1, -0.05) is 0 Å². The van der Waals surface area contributed by atoms with E-state index in [0.717, 1.165) is 11.5 Å². The number of pyridine rings is 1. The van der Waals surface area contributed by atoms with Gasteiger partial charge < -0.3 is 21.1 Å². The van der Waals surface area contributed by atoms with E-state index < -0.39 is 5.60 Å². The molecule has 1 unspecified atom stereocenters. The van der Waals surface area contributed by atoms with Crippen LogP contribution in [0.4, 0.5) is 11.5 Å². The van der Waals surface area contributed by atoms with E-state index in [2.05, 4.69) is 10.3 Å². The predicted molar refractivity (Wildman–Crippen MR) is 71.1 cm³/mol. The van der Waals surface area contributed by atoms with Gasteiger partial charge in [-0.3, -0.25) is 0 Å². The number of hydrogen-bond acceptors (Lipinski definition) is 5. The van der Waals surface area contributed by atoms with Gasteiger partial charge in [0.05, 0.1) is 17.0 Å². The third-order valence-corrected chi connectivity index (χ3v) is 2.43. The summed E-state index contributed by atoms with van der Waals surface area (Å²) in [6.07, 6.45) is 0. The molecule has 0 aliphatic heterocycles. The fourth-order valence-electron chi connectivity index (χ4n) is 1.69. The van der Waals surface area contributed by atoms with Gasteiger partial charge in [0.1, 0.15) is 5.82 Å². The van der Waals surface area contributed by atoms with E-state index >= 15 is 0 Å². The van der Waals surface area contributed by atoms with Gasteiger partial charge in [0.2, 0.25) is 0 Å². The van der Waals surface area contributed by atoms with E-state index in [4.69, 9.17) is 5.73 Å². The molecule has 0 amide bonds. The molecule has 5 heteroatoms. The van der Waals surface area contributed by atoms with E-state index in [1.54, 1.807) is 6.92 Å². The molecule has 96 valence electrons. The van der Waals surface area contributed by atoms with Crippen molar-refractivity contribution < 1.29 is 5.11 Å². The average molecular weight is 238 g/mol. The molecule has 0 bridgehead atoms. The number of aliphatic hydroxyl groups is 1. The Balaban J connectivity index is 2.58. The second kappa shape index (κ2) is 5.33. The molecular weight excluding hydrogens is 216 g/mol. The van der Waals surface area contributed by atoms with Gasteiger partial charge in [0, 0.05) is 13.1 Å². The molecule has 5 nitrogen and oxygen atoms in total. The maximum atomic E-state index is 10.1. The minimum atomic E-state index is -0.791. The van der Waals surface area contributed by atoms with Crippen LogP contribution in [-0.4, -0.2) is 47.8 Å². The molecule has 0 aliphatic rings. The quantitative estimate of drug-likeness (QED) is 0.704. The molecule has 4 N–H and O–H groups in total. The fraction of sp³-hybridized carbons (Fsp3) is 0.583. The zero-order chi connectivity index (χ0) is 13.1. The van der Waals surface area contributed by atoms with Crippen LogP contribution in [0.1, 0.15) is 12.6 Å². The Labute approximate surface area is 103 Å². The second-order valence-electron chi connectivity index (χ2n) is 4.96. The summed E-state index contributed by atoms with van der Waals surface area (Å²) < 4.78 is 0. The average Bonchev–Trinajstić information content (AvgIpc) is 2.18. The Hall–Kier alpha value is -1.33. The summed E-state index contributed by atoms with van der Waals surface area (Å²) in [5.41, 5.74) is 6.37. The lowest BCUT2D eigenvalue weighted by molar-refractivity contribution is 0.0459. The highest BCUT2D eigenvalue weighted by Gasteiger charge is 2.21. The van der Waals surface area contributed by atoms with Gasteiger partial charge in [0.15, 0.2) is 0 Å². The van der Waals surface area contributed by atoms with Crippen molar-refractivity contribution in [1.29, 1.82) is 0 Å². The number of aryl methyl sites for hydroxylation is 1. The molecule has 1 heterocycles. The molecule has 1 atom stereocenters. The van der Waals surface area contributed by atoms with Gasteiger partial charge >= 0.3 is 0 Å². The highest BCUT2D eigenvalue weighted by molar-refractivity contribution is 5.49. The smallest absolute Gasteiger partial charge is 0.126 e. The van der Waals surface area contributed by atoms with Crippen LogP contribution in [0.25, 0.3) is 0 Å². The molecule has 17 heavy (non-hydrogen) atoms. The number of nitrogens with one attached hydrogen (secondary N) is 1. The van der Waals surface area contributed by atoms with Crippen molar-refractivity contribution in [2.45, 2.75) is 19.4 Å². The number of anilines is 2. The molecule has 0 saturated carbocycles. The predicted octanol–water partition coefficient (Wildman–Crippen LogP) is 0.697. The van der Waals surface area contributed by atoms with Crippen molar-refractivity contribution >= 4 is 11.5 Å². The topological polar surface area (TPSA) is 74.4 Å². The Morgan fingerprint density at radius 3 is 2.65 bits per heavy atom. The summed E-state index contributed by atoms with van der Waals surface area (Å²) in [5, 5.41) is 13.2. The number of rotatable bonds is 5. The Bertz CT molecular complexity index is 377. The summed E-state index contributed by atoms with van der Waals surface area (Å²) in [7, 11) is 3.86. The monoisotopic (exact) mass is 238 g/mol. The van der Waals surface area contributed by atoms with Crippen LogP contribution >= 0.6 is 0 Å². The van der Waals surface area contributed by atoms with E-state index in [1.807, 2.05) is 38.1 Å². The Morgan fingerprint density at radius 1 is 1.47 bits per heavy atom. The fourth-order valence-corrected chi connectivity index (χ4v) is 1.69. The number of nitrogens with zero attached hydrogens (tertiary/aromatic N) is 2. The van der Waals surface area contributed by atoms with Crippen LogP contribution in [0.15, 0.2) is 12.1 Å². The first-order valence-corrected chi connectivity index (χ1v) is 5.64. The highest BCUT2D eigenvalue weighted by atomic mass is 16.3. The van der Waals surface area contributed by atoms with Gasteiger partial charge in [-0.2, -0.15) is 0 Å². The van der Waals surface area contributed by atoms with Crippen LogP contribution in [0, 0.1) is 6.92 Å². The van der Waals surface area contributed by atoms with Crippen molar-refractivity contribution in [3.8, 4) is 0 Å². The molecular formula is C12H22N4O. The van der Waals surface area contributed by atoms with Crippen molar-refractivity contribution in [2.24, 2.45) is 0 Å². The minimum Gasteiger partial charge on any atom is -0.397 e. The van der Waals surface area contributed by atoms with Crippen molar-refractivity contribution in [1.82, 2.24) is 9.88 Å². The van der Waals surface area contributed by atoms with Crippen LogP contribution in [-0.2, 0) is 0 Å². The largest absolute Gasteiger partial charge is 0.397 e. The lowest BCUT2D eigenvalue weighted by Gasteiger charge is -2.27. The van der Waals surface area contributed by atoms with Gasteiger partial charge in [-0.25, -0.2) is 4.98 Å². The van der Waals surface area contributed by atoms with Crippen LogP contribution in [0.2, 0.25) is 0 Å². The van der Waals surface area contributed by atoms with E-state index in [1.165, 1.54) is 0 Å². The van der Waals surface area contributed by atoms with Crippen molar-refractivity contribution in [3.05, 3.63) is 17.8 Å². The van der Waals surface area contributed by atoms with Gasteiger partial charge in [-0.05, 0) is 40.1 Å². The first kappa shape index (κ1) is 13.7. The number of likely N-dealkylation sites (N-methyl/N-ethyl adjacent to an activating group) is 1. The lowest BCUT2D eigenvalue weighted by Crippen LogP contribution is -2.43. The SMILES string of the molecule is Cc1nc(NCC(C)(O)CN(C)C)ccc1N. The van der Waals surface area contributed by atoms with Crippen LogP contribution in [0.5, 0.6) is 0 Å². The summed E-state index contributed by atoms with van der Waals surface area (Å²) in [4.78, 5) is 6.24. The van der Waals surface area contributed by atoms with Gasteiger partial charge in [-0.15, -0.1) is 0 Å².